The van der Waals surface area contributed by atoms with Crippen LogP contribution in [0.2, 0.25) is 0 Å². The summed E-state index contributed by atoms with van der Waals surface area (Å²) in [6.07, 6.45) is 7.58. The van der Waals surface area contributed by atoms with Crippen LogP contribution in [-0.2, 0) is 0 Å². The van der Waals surface area contributed by atoms with Crippen molar-refractivity contribution in [2.45, 2.75) is 51.4 Å². The molecule has 6 nitrogen and oxygen atoms in total. The molecule has 112 valence electrons. The highest BCUT2D eigenvalue weighted by molar-refractivity contribution is 5.14. The predicted molar refractivity (Wildman–Crippen MR) is 78.7 cm³/mol. The molecule has 0 aliphatic heterocycles. The fourth-order valence-corrected chi connectivity index (χ4v) is 2.98. The normalized spacial score (nSPS) is 26.4. The lowest BCUT2D eigenvalue weighted by Gasteiger charge is -2.43. The minimum atomic E-state index is -0.350. The van der Waals surface area contributed by atoms with Gasteiger partial charge in [0.15, 0.2) is 0 Å². The first kappa shape index (κ1) is 14.2. The Labute approximate surface area is 124 Å². The van der Waals surface area contributed by atoms with E-state index >= 15 is 0 Å². The molecular weight excluding hydrogens is 266 g/mol. The van der Waals surface area contributed by atoms with Crippen LogP contribution >= 0.6 is 0 Å². The highest BCUT2D eigenvalue weighted by Gasteiger charge is 2.42. The third-order valence-electron chi connectivity index (χ3n) is 4.13. The van der Waals surface area contributed by atoms with Crippen LogP contribution in [0.5, 0.6) is 0 Å². The van der Waals surface area contributed by atoms with Crippen LogP contribution in [0.15, 0.2) is 24.8 Å². The van der Waals surface area contributed by atoms with Crippen molar-refractivity contribution in [2.24, 2.45) is 0 Å². The molecular formula is C15H21N5O. The summed E-state index contributed by atoms with van der Waals surface area (Å²) in [5, 5.41) is 17.9. The lowest BCUT2D eigenvalue weighted by molar-refractivity contribution is -0.0112. The topological polar surface area (TPSA) is 75.9 Å². The molecule has 3 rings (SSSR count). The van der Waals surface area contributed by atoms with Crippen molar-refractivity contribution in [3.05, 3.63) is 41.7 Å². The zero-order valence-corrected chi connectivity index (χ0v) is 12.6. The molecule has 4 atom stereocenters. The molecule has 1 fully saturated rings. The second-order valence-corrected chi connectivity index (χ2v) is 5.81. The average molecular weight is 287 g/mol. The van der Waals surface area contributed by atoms with Crippen molar-refractivity contribution >= 4 is 0 Å². The van der Waals surface area contributed by atoms with Gasteiger partial charge in [-0.15, -0.1) is 0 Å². The van der Waals surface area contributed by atoms with E-state index in [1.807, 2.05) is 30.9 Å². The molecule has 0 radical (unpaired) electrons. The van der Waals surface area contributed by atoms with Gasteiger partial charge in [-0.25, -0.2) is 0 Å². The smallest absolute Gasteiger partial charge is 0.0932 e. The quantitative estimate of drug-likeness (QED) is 0.887. The van der Waals surface area contributed by atoms with Crippen molar-refractivity contribution in [3.8, 4) is 0 Å². The van der Waals surface area contributed by atoms with Gasteiger partial charge in [-0.1, -0.05) is 0 Å². The van der Waals surface area contributed by atoms with Crippen LogP contribution in [-0.4, -0.2) is 37.0 Å². The number of aliphatic hydroxyl groups is 1. The Kier molecular flexibility index (Phi) is 3.73. The van der Waals surface area contributed by atoms with Gasteiger partial charge in [-0.3, -0.25) is 14.6 Å². The standard InChI is InChI=1S/C15H21N5O/c1-9-7-18-20(8-9)15-12(6-13(15)21)19-11(3)14-10(2)16-4-5-17-14/h4-5,7-8,11-13,15,19,21H,6H2,1-3H3/t11?,12-,13+,15+/m0/s1. The van der Waals surface area contributed by atoms with Gasteiger partial charge in [0.25, 0.3) is 0 Å². The van der Waals surface area contributed by atoms with Crippen LogP contribution in [0.1, 0.15) is 42.4 Å². The van der Waals surface area contributed by atoms with Crippen LogP contribution in [0.25, 0.3) is 0 Å². The first-order valence-electron chi connectivity index (χ1n) is 7.28. The van der Waals surface area contributed by atoms with Gasteiger partial charge in [0.05, 0.1) is 29.7 Å². The third-order valence-corrected chi connectivity index (χ3v) is 4.13. The fraction of sp³-hybridized carbons (Fsp3) is 0.533. The van der Waals surface area contributed by atoms with Crippen LogP contribution in [0.3, 0.4) is 0 Å². The van der Waals surface area contributed by atoms with Gasteiger partial charge in [0.2, 0.25) is 0 Å². The Morgan fingerprint density at radius 1 is 1.33 bits per heavy atom. The molecule has 2 aromatic rings. The van der Waals surface area contributed by atoms with Crippen LogP contribution in [0, 0.1) is 13.8 Å². The molecule has 2 aromatic heterocycles. The number of nitrogens with one attached hydrogen (secondary N) is 1. The maximum Gasteiger partial charge on any atom is 0.0932 e. The largest absolute Gasteiger partial charge is 0.391 e. The molecule has 0 saturated heterocycles. The summed E-state index contributed by atoms with van der Waals surface area (Å²) < 4.78 is 1.86. The Morgan fingerprint density at radius 2 is 2.10 bits per heavy atom. The summed E-state index contributed by atoms with van der Waals surface area (Å²) in [7, 11) is 0. The molecule has 2 N–H and O–H groups in total. The zero-order chi connectivity index (χ0) is 15.0. The van der Waals surface area contributed by atoms with E-state index in [1.165, 1.54) is 0 Å². The van der Waals surface area contributed by atoms with Crippen molar-refractivity contribution in [1.29, 1.82) is 0 Å². The summed E-state index contributed by atoms with van der Waals surface area (Å²) >= 11 is 0. The number of hydrogen-bond donors (Lipinski definition) is 2. The summed E-state index contributed by atoms with van der Waals surface area (Å²) in [5.74, 6) is 0. The van der Waals surface area contributed by atoms with Crippen molar-refractivity contribution < 1.29 is 5.11 Å². The Hall–Kier alpha value is -1.79. The van der Waals surface area contributed by atoms with E-state index in [4.69, 9.17) is 0 Å². The van der Waals surface area contributed by atoms with Gasteiger partial charge < -0.3 is 10.4 Å². The van der Waals surface area contributed by atoms with Gasteiger partial charge >= 0.3 is 0 Å². The lowest BCUT2D eigenvalue weighted by atomic mass is 9.82. The Bertz CT molecular complexity index is 626. The first-order valence-corrected chi connectivity index (χ1v) is 7.28. The lowest BCUT2D eigenvalue weighted by Crippen LogP contribution is -2.55. The first-order chi connectivity index (χ1) is 10.1. The molecule has 1 saturated carbocycles. The molecule has 0 spiro atoms. The van der Waals surface area contributed by atoms with E-state index in [1.54, 1.807) is 12.4 Å². The predicted octanol–water partition coefficient (Wildman–Crippen LogP) is 1.32. The van der Waals surface area contributed by atoms with E-state index < -0.39 is 0 Å². The molecule has 1 aliphatic carbocycles. The molecule has 21 heavy (non-hydrogen) atoms. The van der Waals surface area contributed by atoms with Crippen LogP contribution in [0.4, 0.5) is 0 Å². The molecule has 2 heterocycles. The molecule has 1 aliphatic rings. The van der Waals surface area contributed by atoms with Crippen molar-refractivity contribution in [1.82, 2.24) is 25.1 Å². The summed E-state index contributed by atoms with van der Waals surface area (Å²) in [5.41, 5.74) is 2.99. The van der Waals surface area contributed by atoms with Gasteiger partial charge in [-0.05, 0) is 32.8 Å². The molecule has 0 bridgehead atoms. The summed E-state index contributed by atoms with van der Waals surface area (Å²) in [6.45, 7) is 6.04. The van der Waals surface area contributed by atoms with E-state index in [9.17, 15) is 5.11 Å². The minimum Gasteiger partial charge on any atom is -0.391 e. The summed E-state index contributed by atoms with van der Waals surface area (Å²) in [6, 6.07) is 0.268. The van der Waals surface area contributed by atoms with Gasteiger partial charge in [0, 0.05) is 30.7 Å². The van der Waals surface area contributed by atoms with E-state index in [0.717, 1.165) is 23.4 Å². The fourth-order valence-electron chi connectivity index (χ4n) is 2.98. The summed E-state index contributed by atoms with van der Waals surface area (Å²) in [4.78, 5) is 8.68. The number of aliphatic hydroxyl groups excluding tert-OH is 1. The second kappa shape index (κ2) is 5.54. The molecule has 6 heteroatoms. The number of nitrogens with zero attached hydrogens (tertiary/aromatic N) is 4. The van der Waals surface area contributed by atoms with E-state index in [2.05, 4.69) is 27.3 Å². The zero-order valence-electron chi connectivity index (χ0n) is 12.6. The van der Waals surface area contributed by atoms with E-state index in [-0.39, 0.29) is 24.2 Å². The maximum atomic E-state index is 10.1. The second-order valence-electron chi connectivity index (χ2n) is 5.81. The molecule has 0 aromatic carbocycles. The van der Waals surface area contributed by atoms with Crippen molar-refractivity contribution in [2.75, 3.05) is 0 Å². The molecule has 0 amide bonds. The number of aryl methyl sites for hydroxylation is 2. The van der Waals surface area contributed by atoms with Crippen molar-refractivity contribution in [3.63, 3.8) is 0 Å². The Morgan fingerprint density at radius 3 is 2.71 bits per heavy atom. The SMILES string of the molecule is Cc1cnn([C@H]2[C@H](O)C[C@@H]2NC(C)c2nccnc2C)c1. The van der Waals surface area contributed by atoms with E-state index in [0.29, 0.717) is 0 Å². The maximum absolute atomic E-state index is 10.1. The van der Waals surface area contributed by atoms with Gasteiger partial charge in [-0.2, -0.15) is 5.10 Å². The third kappa shape index (κ3) is 2.69. The Balaban J connectivity index is 1.72. The van der Waals surface area contributed by atoms with Crippen LogP contribution < -0.4 is 5.32 Å². The van der Waals surface area contributed by atoms with Gasteiger partial charge in [0.1, 0.15) is 0 Å². The number of rotatable bonds is 4. The minimum absolute atomic E-state index is 0.0156. The molecule has 1 unspecified atom stereocenters. The number of hydrogen-bond acceptors (Lipinski definition) is 5. The highest BCUT2D eigenvalue weighted by Crippen LogP contribution is 2.34. The number of aromatic nitrogens is 4. The monoisotopic (exact) mass is 287 g/mol. The average Bonchev–Trinajstić information content (AvgIpc) is 2.84. The highest BCUT2D eigenvalue weighted by atomic mass is 16.3.